The average Bonchev–Trinajstić information content (AvgIpc) is 3.55. The molecule has 4 rings (SSSR count). The molecule has 0 spiro atoms. The molecule has 2 saturated heterocycles. The summed E-state index contributed by atoms with van der Waals surface area (Å²) >= 11 is 0. The SMILES string of the molecule is CC1=C(C(=O)OCC2CCCO2)C(c2cccc([N+](=O)[O-])c2)C(C(=O)OCC2CCCO2)=C(C)N1. The zero-order chi connectivity index (χ0) is 24.9. The molecule has 35 heavy (non-hydrogen) atoms. The van der Waals surface area contributed by atoms with Crippen molar-refractivity contribution in [3.8, 4) is 0 Å². The van der Waals surface area contributed by atoms with Crippen LogP contribution >= 0.6 is 0 Å². The van der Waals surface area contributed by atoms with E-state index < -0.39 is 22.8 Å². The van der Waals surface area contributed by atoms with Crippen LogP contribution in [0, 0.1) is 10.1 Å². The fraction of sp³-hybridized carbons (Fsp3) is 0.520. The normalized spacial score (nSPS) is 24.3. The van der Waals surface area contributed by atoms with Crippen molar-refractivity contribution in [2.75, 3.05) is 26.4 Å². The van der Waals surface area contributed by atoms with Gasteiger partial charge in [-0.2, -0.15) is 0 Å². The second kappa shape index (κ2) is 11.0. The van der Waals surface area contributed by atoms with E-state index in [1.54, 1.807) is 19.9 Å². The third kappa shape index (κ3) is 5.71. The Morgan fingerprint density at radius 3 is 2.00 bits per heavy atom. The van der Waals surface area contributed by atoms with Crippen LogP contribution in [0.2, 0.25) is 0 Å². The van der Waals surface area contributed by atoms with E-state index in [1.165, 1.54) is 18.2 Å². The van der Waals surface area contributed by atoms with Gasteiger partial charge in [-0.1, -0.05) is 12.1 Å². The number of nitro groups is 1. The van der Waals surface area contributed by atoms with Crippen molar-refractivity contribution in [1.29, 1.82) is 0 Å². The molecule has 1 aromatic carbocycles. The summed E-state index contributed by atoms with van der Waals surface area (Å²) in [6.45, 7) is 4.88. The molecular weight excluding hydrogens is 456 g/mol. The smallest absolute Gasteiger partial charge is 0.336 e. The van der Waals surface area contributed by atoms with Gasteiger partial charge >= 0.3 is 11.9 Å². The molecule has 0 aromatic heterocycles. The van der Waals surface area contributed by atoms with Crippen LogP contribution in [0.15, 0.2) is 46.8 Å². The molecule has 10 nitrogen and oxygen atoms in total. The maximum Gasteiger partial charge on any atom is 0.336 e. The summed E-state index contributed by atoms with van der Waals surface area (Å²) in [6.07, 6.45) is 3.09. The number of hydrogen-bond acceptors (Lipinski definition) is 9. The lowest BCUT2D eigenvalue weighted by atomic mass is 9.80. The van der Waals surface area contributed by atoms with E-state index in [2.05, 4.69) is 5.32 Å². The molecule has 1 aromatic rings. The molecule has 3 heterocycles. The number of nitro benzene ring substituents is 1. The first-order valence-corrected chi connectivity index (χ1v) is 11.9. The molecule has 3 aliphatic rings. The van der Waals surface area contributed by atoms with E-state index in [0.717, 1.165) is 25.7 Å². The Morgan fingerprint density at radius 2 is 1.54 bits per heavy atom. The number of dihydropyridines is 1. The number of carbonyl (C=O) groups excluding carboxylic acids is 2. The number of non-ortho nitro benzene ring substituents is 1. The second-order valence-electron chi connectivity index (χ2n) is 8.95. The molecule has 0 bridgehead atoms. The van der Waals surface area contributed by atoms with Gasteiger partial charge in [0.25, 0.3) is 5.69 Å². The molecule has 0 radical (unpaired) electrons. The summed E-state index contributed by atoms with van der Waals surface area (Å²) in [4.78, 5) is 37.6. The molecule has 2 fully saturated rings. The van der Waals surface area contributed by atoms with E-state index in [-0.39, 0.29) is 42.3 Å². The van der Waals surface area contributed by atoms with E-state index in [1.807, 2.05) is 0 Å². The third-order valence-electron chi connectivity index (χ3n) is 6.46. The quantitative estimate of drug-likeness (QED) is 0.335. The molecule has 10 heteroatoms. The van der Waals surface area contributed by atoms with Crippen molar-refractivity contribution in [2.24, 2.45) is 0 Å². The van der Waals surface area contributed by atoms with Gasteiger partial charge in [0.05, 0.1) is 34.2 Å². The molecular formula is C25H30N2O8. The van der Waals surface area contributed by atoms with Crippen LogP contribution in [0.5, 0.6) is 0 Å². The van der Waals surface area contributed by atoms with Crippen LogP contribution in [0.25, 0.3) is 0 Å². The van der Waals surface area contributed by atoms with Gasteiger partial charge < -0.3 is 24.3 Å². The van der Waals surface area contributed by atoms with Gasteiger partial charge in [0.15, 0.2) is 0 Å². The Balaban J connectivity index is 1.66. The van der Waals surface area contributed by atoms with Gasteiger partial charge in [-0.05, 0) is 45.1 Å². The minimum Gasteiger partial charge on any atom is -0.459 e. The molecule has 3 aliphatic heterocycles. The molecule has 188 valence electrons. The molecule has 2 unspecified atom stereocenters. The highest BCUT2D eigenvalue weighted by atomic mass is 16.6. The monoisotopic (exact) mass is 486 g/mol. The maximum absolute atomic E-state index is 13.3. The first kappa shape index (κ1) is 24.9. The molecule has 1 N–H and O–H groups in total. The number of nitrogens with one attached hydrogen (secondary N) is 1. The van der Waals surface area contributed by atoms with Crippen LogP contribution in [-0.4, -0.2) is 55.5 Å². The Hall–Kier alpha value is -3.24. The van der Waals surface area contributed by atoms with Crippen LogP contribution in [0.4, 0.5) is 5.69 Å². The Kier molecular flexibility index (Phi) is 7.82. The van der Waals surface area contributed by atoms with Crippen LogP contribution in [0.3, 0.4) is 0 Å². The first-order chi connectivity index (χ1) is 16.8. The predicted octanol–water partition coefficient (Wildman–Crippen LogP) is 3.27. The summed E-state index contributed by atoms with van der Waals surface area (Å²) in [7, 11) is 0. The number of benzene rings is 1. The Labute approximate surface area is 203 Å². The zero-order valence-corrected chi connectivity index (χ0v) is 19.9. The van der Waals surface area contributed by atoms with Crippen LogP contribution in [-0.2, 0) is 28.5 Å². The van der Waals surface area contributed by atoms with Crippen molar-refractivity contribution >= 4 is 17.6 Å². The van der Waals surface area contributed by atoms with Crippen molar-refractivity contribution in [2.45, 2.75) is 57.7 Å². The van der Waals surface area contributed by atoms with Gasteiger partial charge in [-0.25, -0.2) is 9.59 Å². The Morgan fingerprint density at radius 1 is 1.00 bits per heavy atom. The van der Waals surface area contributed by atoms with Crippen molar-refractivity contribution < 1.29 is 33.5 Å². The molecule has 0 amide bonds. The highest BCUT2D eigenvalue weighted by Crippen LogP contribution is 2.40. The van der Waals surface area contributed by atoms with Gasteiger partial charge in [0.1, 0.15) is 13.2 Å². The summed E-state index contributed by atoms with van der Waals surface area (Å²) in [5, 5.41) is 14.5. The predicted molar refractivity (Wildman–Crippen MR) is 124 cm³/mol. The van der Waals surface area contributed by atoms with Crippen molar-refractivity contribution in [3.05, 3.63) is 62.5 Å². The standard InChI is InChI=1S/C25H30N2O8/c1-15-21(24(28)34-13-19-8-4-10-32-19)23(17-6-3-7-18(12-17)27(30)31)22(16(2)26-15)25(29)35-14-20-9-5-11-33-20/h3,6-7,12,19-20,23,26H,4-5,8-11,13-14H2,1-2H3. The molecule has 0 aliphatic carbocycles. The number of ether oxygens (including phenoxy) is 4. The fourth-order valence-electron chi connectivity index (χ4n) is 4.73. The summed E-state index contributed by atoms with van der Waals surface area (Å²) < 4.78 is 22.3. The fourth-order valence-corrected chi connectivity index (χ4v) is 4.73. The lowest BCUT2D eigenvalue weighted by molar-refractivity contribution is -0.384. The van der Waals surface area contributed by atoms with Crippen molar-refractivity contribution in [3.63, 3.8) is 0 Å². The topological polar surface area (TPSA) is 126 Å². The summed E-state index contributed by atoms with van der Waals surface area (Å²) in [5.74, 6) is -2.12. The molecule has 2 atom stereocenters. The van der Waals surface area contributed by atoms with E-state index in [9.17, 15) is 19.7 Å². The van der Waals surface area contributed by atoms with Gasteiger partial charge in [0, 0.05) is 36.7 Å². The minimum absolute atomic E-state index is 0.0960. The van der Waals surface area contributed by atoms with E-state index in [4.69, 9.17) is 18.9 Å². The van der Waals surface area contributed by atoms with Gasteiger partial charge in [-0.15, -0.1) is 0 Å². The number of hydrogen-bond donors (Lipinski definition) is 1. The highest BCUT2D eigenvalue weighted by Gasteiger charge is 2.39. The van der Waals surface area contributed by atoms with Gasteiger partial charge in [0.2, 0.25) is 0 Å². The minimum atomic E-state index is -0.898. The lowest BCUT2D eigenvalue weighted by Crippen LogP contribution is -2.34. The lowest BCUT2D eigenvalue weighted by Gasteiger charge is -2.30. The van der Waals surface area contributed by atoms with E-state index >= 15 is 0 Å². The van der Waals surface area contributed by atoms with Crippen LogP contribution < -0.4 is 5.32 Å². The zero-order valence-electron chi connectivity index (χ0n) is 19.9. The van der Waals surface area contributed by atoms with Crippen LogP contribution in [0.1, 0.15) is 51.0 Å². The number of nitrogens with zero attached hydrogens (tertiary/aromatic N) is 1. The summed E-state index contributed by atoms with van der Waals surface area (Å²) in [5.41, 5.74) is 1.71. The maximum atomic E-state index is 13.3. The average molecular weight is 487 g/mol. The number of allylic oxidation sites excluding steroid dienone is 2. The number of carbonyl (C=O) groups is 2. The second-order valence-corrected chi connectivity index (χ2v) is 8.95. The highest BCUT2D eigenvalue weighted by molar-refractivity contribution is 6.00. The number of rotatable bonds is 8. The van der Waals surface area contributed by atoms with E-state index in [0.29, 0.717) is 30.2 Å². The first-order valence-electron chi connectivity index (χ1n) is 11.9. The molecule has 0 saturated carbocycles. The Bertz CT molecular complexity index is 997. The summed E-state index contributed by atoms with van der Waals surface area (Å²) in [6, 6.07) is 5.93. The van der Waals surface area contributed by atoms with Crippen molar-refractivity contribution in [1.82, 2.24) is 5.32 Å². The largest absolute Gasteiger partial charge is 0.459 e. The van der Waals surface area contributed by atoms with Gasteiger partial charge in [-0.3, -0.25) is 10.1 Å². The third-order valence-corrected chi connectivity index (χ3v) is 6.46. The number of esters is 2.